The van der Waals surface area contributed by atoms with Crippen molar-refractivity contribution in [3.8, 4) is 11.8 Å². The molecule has 4 heteroatoms. The predicted molar refractivity (Wildman–Crippen MR) is 78.4 cm³/mol. The Hall–Kier alpha value is -2.12. The molecule has 4 nitrogen and oxygen atoms in total. The Balaban J connectivity index is 2.03. The van der Waals surface area contributed by atoms with Crippen LogP contribution in [0.5, 0.6) is 0 Å². The molecular weight excluding hydrogens is 266 g/mol. The number of aryl methyl sites for hydroxylation is 1. The Morgan fingerprint density at radius 3 is 2.43 bits per heavy atom. The van der Waals surface area contributed by atoms with Gasteiger partial charge >= 0.3 is 0 Å². The smallest absolute Gasteiger partial charge is 0.238 e. The molecule has 2 fully saturated rings. The van der Waals surface area contributed by atoms with Gasteiger partial charge in [0.15, 0.2) is 0 Å². The number of rotatable bonds is 1. The number of hydrogen-bond donors (Lipinski definition) is 1. The normalized spacial score (nSPS) is 25.4. The SMILES string of the molecule is Cc1ccc(N2C(=O)C3C(C2=O)C3(C)C)c(C#CCO)c1. The topological polar surface area (TPSA) is 57.6 Å². The van der Waals surface area contributed by atoms with Crippen LogP contribution in [-0.2, 0) is 9.59 Å². The molecule has 0 radical (unpaired) electrons. The number of benzene rings is 1. The summed E-state index contributed by atoms with van der Waals surface area (Å²) >= 11 is 0. The van der Waals surface area contributed by atoms with Crippen LogP contribution in [0.25, 0.3) is 0 Å². The molecule has 108 valence electrons. The second kappa shape index (κ2) is 4.44. The molecule has 21 heavy (non-hydrogen) atoms. The maximum Gasteiger partial charge on any atom is 0.238 e. The van der Waals surface area contributed by atoms with Gasteiger partial charge in [0, 0.05) is 5.56 Å². The minimum atomic E-state index is -0.256. The first-order valence-corrected chi connectivity index (χ1v) is 6.97. The second-order valence-corrected chi connectivity index (χ2v) is 6.27. The van der Waals surface area contributed by atoms with Crippen molar-refractivity contribution in [2.24, 2.45) is 17.3 Å². The highest BCUT2D eigenvalue weighted by atomic mass is 16.2. The fraction of sp³-hybridized carbons (Fsp3) is 0.412. The number of anilines is 1. The zero-order valence-corrected chi connectivity index (χ0v) is 12.3. The van der Waals surface area contributed by atoms with E-state index in [0.29, 0.717) is 11.3 Å². The lowest BCUT2D eigenvalue weighted by molar-refractivity contribution is -0.125. The molecule has 0 aromatic heterocycles. The number of piperidine rings is 1. The first-order valence-electron chi connectivity index (χ1n) is 6.97. The van der Waals surface area contributed by atoms with Gasteiger partial charge in [-0.2, -0.15) is 0 Å². The zero-order chi connectivity index (χ0) is 15.4. The highest BCUT2D eigenvalue weighted by Gasteiger charge is 2.72. The Kier molecular flexibility index (Phi) is 2.93. The monoisotopic (exact) mass is 283 g/mol. The minimum Gasteiger partial charge on any atom is -0.384 e. The van der Waals surface area contributed by atoms with Crippen molar-refractivity contribution in [2.75, 3.05) is 11.5 Å². The van der Waals surface area contributed by atoms with Gasteiger partial charge in [0.1, 0.15) is 6.61 Å². The van der Waals surface area contributed by atoms with Crippen molar-refractivity contribution in [2.45, 2.75) is 20.8 Å². The van der Waals surface area contributed by atoms with E-state index in [1.165, 1.54) is 4.90 Å². The highest BCUT2D eigenvalue weighted by molar-refractivity contribution is 6.26. The van der Waals surface area contributed by atoms with Gasteiger partial charge in [0.2, 0.25) is 11.8 Å². The van der Waals surface area contributed by atoms with Crippen LogP contribution in [0.4, 0.5) is 5.69 Å². The van der Waals surface area contributed by atoms with Crippen LogP contribution in [-0.4, -0.2) is 23.5 Å². The molecule has 1 saturated carbocycles. The molecule has 0 spiro atoms. The molecule has 1 aromatic carbocycles. The van der Waals surface area contributed by atoms with Gasteiger partial charge in [-0.25, -0.2) is 4.90 Å². The van der Waals surface area contributed by atoms with E-state index in [4.69, 9.17) is 5.11 Å². The Labute approximate surface area is 123 Å². The lowest BCUT2D eigenvalue weighted by atomic mass is 10.0. The molecule has 3 rings (SSSR count). The summed E-state index contributed by atoms with van der Waals surface area (Å²) in [5, 5.41) is 8.85. The standard InChI is InChI=1S/C17H17NO3/c1-10-6-7-12(11(9-10)5-4-8-19)18-15(20)13-14(16(18)21)17(13,2)3/h6-7,9,13-14,19H,8H2,1-3H3. The summed E-state index contributed by atoms with van der Waals surface area (Å²) in [5.41, 5.74) is 1.90. The highest BCUT2D eigenvalue weighted by Crippen LogP contribution is 2.63. The van der Waals surface area contributed by atoms with E-state index in [1.807, 2.05) is 32.9 Å². The van der Waals surface area contributed by atoms with Crippen LogP contribution in [0.2, 0.25) is 0 Å². The number of fused-ring (bicyclic) bond motifs is 1. The number of nitrogens with zero attached hydrogens (tertiary/aromatic N) is 1. The molecule has 0 bridgehead atoms. The van der Waals surface area contributed by atoms with Crippen molar-refractivity contribution >= 4 is 17.5 Å². The molecule has 1 aliphatic carbocycles. The third-order valence-corrected chi connectivity index (χ3v) is 4.50. The predicted octanol–water partition coefficient (Wildman–Crippen LogP) is 1.48. The number of carbonyl (C=O) groups excluding carboxylic acids is 2. The summed E-state index contributed by atoms with van der Waals surface area (Å²) < 4.78 is 0. The largest absolute Gasteiger partial charge is 0.384 e. The number of amides is 2. The first kappa shape index (κ1) is 13.8. The van der Waals surface area contributed by atoms with Gasteiger partial charge in [-0.05, 0) is 30.0 Å². The van der Waals surface area contributed by atoms with Crippen molar-refractivity contribution in [1.29, 1.82) is 0 Å². The molecule has 2 amide bonds. The maximum absolute atomic E-state index is 12.5. The van der Waals surface area contributed by atoms with Crippen LogP contribution < -0.4 is 4.90 Å². The summed E-state index contributed by atoms with van der Waals surface area (Å²) in [7, 11) is 0. The van der Waals surface area contributed by atoms with Crippen LogP contribution >= 0.6 is 0 Å². The quantitative estimate of drug-likeness (QED) is 0.627. The lowest BCUT2D eigenvalue weighted by Gasteiger charge is -2.22. The van der Waals surface area contributed by atoms with E-state index in [-0.39, 0.29) is 35.7 Å². The van der Waals surface area contributed by atoms with E-state index in [2.05, 4.69) is 11.8 Å². The van der Waals surface area contributed by atoms with Gasteiger partial charge in [-0.3, -0.25) is 9.59 Å². The molecule has 1 N–H and O–H groups in total. The molecule has 2 atom stereocenters. The summed E-state index contributed by atoms with van der Waals surface area (Å²) in [5.74, 6) is 4.73. The van der Waals surface area contributed by atoms with Crippen LogP contribution in [0.1, 0.15) is 25.0 Å². The molecule has 1 heterocycles. The van der Waals surface area contributed by atoms with E-state index < -0.39 is 0 Å². The van der Waals surface area contributed by atoms with Gasteiger partial charge in [-0.1, -0.05) is 31.8 Å². The van der Waals surface area contributed by atoms with Crippen molar-refractivity contribution in [3.05, 3.63) is 29.3 Å². The van der Waals surface area contributed by atoms with Gasteiger partial charge in [-0.15, -0.1) is 0 Å². The van der Waals surface area contributed by atoms with Crippen molar-refractivity contribution < 1.29 is 14.7 Å². The van der Waals surface area contributed by atoms with Crippen molar-refractivity contribution in [1.82, 2.24) is 0 Å². The molecule has 1 saturated heterocycles. The average Bonchev–Trinajstić information content (AvgIpc) is 2.88. The number of imide groups is 1. The van der Waals surface area contributed by atoms with Gasteiger partial charge < -0.3 is 5.11 Å². The summed E-state index contributed by atoms with van der Waals surface area (Å²) in [6.07, 6.45) is 0. The third kappa shape index (κ3) is 1.89. The fourth-order valence-electron chi connectivity index (χ4n) is 3.26. The fourth-order valence-corrected chi connectivity index (χ4v) is 3.26. The number of aliphatic hydroxyl groups is 1. The molecule has 1 aromatic rings. The first-order chi connectivity index (χ1) is 9.89. The summed E-state index contributed by atoms with van der Waals surface area (Å²) in [6.45, 7) is 5.57. The van der Waals surface area contributed by atoms with Gasteiger partial charge in [0.05, 0.1) is 17.5 Å². The van der Waals surface area contributed by atoms with E-state index in [0.717, 1.165) is 5.56 Å². The van der Waals surface area contributed by atoms with Crippen LogP contribution in [0.3, 0.4) is 0 Å². The second-order valence-electron chi connectivity index (χ2n) is 6.27. The van der Waals surface area contributed by atoms with Gasteiger partial charge in [0.25, 0.3) is 0 Å². The Bertz CT molecular complexity index is 684. The molecule has 2 aliphatic rings. The van der Waals surface area contributed by atoms with Crippen molar-refractivity contribution in [3.63, 3.8) is 0 Å². The third-order valence-electron chi connectivity index (χ3n) is 4.50. The number of carbonyl (C=O) groups is 2. The van der Waals surface area contributed by atoms with Crippen LogP contribution in [0.15, 0.2) is 18.2 Å². The Morgan fingerprint density at radius 2 is 1.86 bits per heavy atom. The van der Waals surface area contributed by atoms with Crippen LogP contribution in [0, 0.1) is 36.0 Å². The minimum absolute atomic E-state index is 0.133. The summed E-state index contributed by atoms with van der Waals surface area (Å²) in [4.78, 5) is 26.2. The molecule has 2 unspecified atom stereocenters. The van der Waals surface area contributed by atoms with E-state index in [1.54, 1.807) is 6.07 Å². The zero-order valence-electron chi connectivity index (χ0n) is 12.3. The average molecular weight is 283 g/mol. The summed E-state index contributed by atoms with van der Waals surface area (Å²) in [6, 6.07) is 5.44. The maximum atomic E-state index is 12.5. The molecule has 1 aliphatic heterocycles. The lowest BCUT2D eigenvalue weighted by Crippen LogP contribution is -2.36. The molecular formula is C17H17NO3. The number of hydrogen-bond acceptors (Lipinski definition) is 3. The Morgan fingerprint density at radius 1 is 1.24 bits per heavy atom. The van der Waals surface area contributed by atoms with E-state index >= 15 is 0 Å². The number of aliphatic hydroxyl groups excluding tert-OH is 1. The van der Waals surface area contributed by atoms with E-state index in [9.17, 15) is 9.59 Å².